The number of aliphatic hydroxyl groups excluding tert-OH is 1. The van der Waals surface area contributed by atoms with Crippen LogP contribution in [0.3, 0.4) is 0 Å². The minimum Gasteiger partial charge on any atom is -0.756 e. The molecule has 0 aliphatic heterocycles. The third-order valence-electron chi connectivity index (χ3n) is 12.1. The number of hydrogen-bond acceptors (Lipinski definition) is 6. The topological polar surface area (TPSA) is 108 Å². The summed E-state index contributed by atoms with van der Waals surface area (Å²) in [5, 5.41) is 13.8. The normalized spacial score (nSPS) is 14.8. The highest BCUT2D eigenvalue weighted by atomic mass is 31.2. The SMILES string of the molecule is CC/C=C\C/C=C\C/C=C\C/C=C\C/C=C\C/C=C\C/C=C\CCCCCCCCCCCC(=O)NC(COP(=O)([O-])OCC[N+](C)(C)C)C(O)/C=C/CC/C=C/CC/C=C/CCCCCCCCCCC. The van der Waals surface area contributed by atoms with E-state index < -0.39 is 26.6 Å². The Labute approximate surface area is 444 Å². The minimum absolute atomic E-state index is 0.0165. The summed E-state index contributed by atoms with van der Waals surface area (Å²) in [4.78, 5) is 25.5. The van der Waals surface area contributed by atoms with E-state index in [1.165, 1.54) is 96.3 Å². The standard InChI is InChI=1S/C63H109N2O6P/c1-6-8-10-12-14-16-18-20-22-24-26-27-28-29-30-31-32-33-34-35-36-37-39-41-43-45-47-49-51-53-55-57-63(67)64-61(60-71-72(68,69)70-59-58-65(3,4)5)62(66)56-54-52-50-48-46-44-42-40-38-25-23-21-19-17-15-13-11-9-7-2/h8,10,14,16,20,22,26-27,29-30,32-33,35-36,38,40,46,48,54,56,61-62,66H,6-7,9,11-13,15,17-19,21,23-25,28,31,34,37,39,41-45,47,49-53,55,57-60H2,1-5H3,(H-,64,67,68,69)/b10-8-,16-14-,22-20-,27-26-,30-29-,33-32-,36-35-,40-38+,48-46+,56-54+. The van der Waals surface area contributed by atoms with Crippen LogP contribution in [0, 0.1) is 0 Å². The lowest BCUT2D eigenvalue weighted by Gasteiger charge is -2.29. The van der Waals surface area contributed by atoms with Gasteiger partial charge in [0.05, 0.1) is 39.9 Å². The van der Waals surface area contributed by atoms with Gasteiger partial charge < -0.3 is 28.8 Å². The van der Waals surface area contributed by atoms with Crippen LogP contribution in [0.25, 0.3) is 0 Å². The van der Waals surface area contributed by atoms with Gasteiger partial charge in [-0.3, -0.25) is 9.36 Å². The molecule has 2 N–H and O–H groups in total. The zero-order valence-electron chi connectivity index (χ0n) is 46.8. The van der Waals surface area contributed by atoms with Crippen molar-refractivity contribution in [3.63, 3.8) is 0 Å². The van der Waals surface area contributed by atoms with Gasteiger partial charge in [-0.05, 0) is 103 Å². The Morgan fingerprint density at radius 3 is 1.29 bits per heavy atom. The van der Waals surface area contributed by atoms with E-state index in [-0.39, 0.29) is 12.5 Å². The number of quaternary nitrogens is 1. The lowest BCUT2D eigenvalue weighted by molar-refractivity contribution is -0.870. The van der Waals surface area contributed by atoms with E-state index in [0.29, 0.717) is 17.4 Å². The number of nitrogens with zero attached hydrogens (tertiary/aromatic N) is 1. The van der Waals surface area contributed by atoms with Crippen LogP contribution >= 0.6 is 7.82 Å². The Morgan fingerprint density at radius 1 is 0.500 bits per heavy atom. The molecule has 0 saturated heterocycles. The van der Waals surface area contributed by atoms with Gasteiger partial charge >= 0.3 is 0 Å². The van der Waals surface area contributed by atoms with Crippen molar-refractivity contribution in [1.29, 1.82) is 0 Å². The molecule has 0 aliphatic carbocycles. The van der Waals surface area contributed by atoms with Crippen LogP contribution in [0.5, 0.6) is 0 Å². The Balaban J connectivity index is 4.29. The largest absolute Gasteiger partial charge is 0.756 e. The second-order valence-electron chi connectivity index (χ2n) is 20.2. The Morgan fingerprint density at radius 2 is 0.861 bits per heavy atom. The molecule has 1 amide bonds. The predicted molar refractivity (Wildman–Crippen MR) is 311 cm³/mol. The molecule has 3 unspecified atom stereocenters. The number of likely N-dealkylation sites (N-methyl/N-ethyl adjacent to an activating group) is 1. The molecule has 0 aliphatic rings. The Kier molecular flexibility index (Phi) is 50.5. The maximum absolute atomic E-state index is 13.0. The second kappa shape index (κ2) is 52.8. The summed E-state index contributed by atoms with van der Waals surface area (Å²) in [6.07, 6.45) is 78.4. The molecule has 0 rings (SSSR count). The molecule has 0 aromatic rings. The number of carbonyl (C=O) groups is 1. The molecule has 0 radical (unpaired) electrons. The smallest absolute Gasteiger partial charge is 0.268 e. The van der Waals surface area contributed by atoms with Crippen molar-refractivity contribution in [2.24, 2.45) is 0 Å². The lowest BCUT2D eigenvalue weighted by Crippen LogP contribution is -2.45. The average molecular weight is 1020 g/mol. The predicted octanol–water partition coefficient (Wildman–Crippen LogP) is 17.1. The maximum atomic E-state index is 13.0. The van der Waals surface area contributed by atoms with E-state index in [1.54, 1.807) is 6.08 Å². The highest BCUT2D eigenvalue weighted by Gasteiger charge is 2.23. The molecule has 3 atom stereocenters. The first kappa shape index (κ1) is 68.9. The summed E-state index contributed by atoms with van der Waals surface area (Å²) < 4.78 is 23.3. The van der Waals surface area contributed by atoms with Gasteiger partial charge in [0.2, 0.25) is 5.91 Å². The van der Waals surface area contributed by atoms with Crippen molar-refractivity contribution >= 4 is 13.7 Å². The number of rotatable bonds is 51. The average Bonchev–Trinajstić information content (AvgIpc) is 3.34. The van der Waals surface area contributed by atoms with Gasteiger partial charge in [-0.25, -0.2) is 0 Å². The van der Waals surface area contributed by atoms with Crippen LogP contribution in [0.1, 0.15) is 219 Å². The summed E-state index contributed by atoms with van der Waals surface area (Å²) in [5.74, 6) is -0.223. The monoisotopic (exact) mass is 1020 g/mol. The van der Waals surface area contributed by atoms with Gasteiger partial charge in [-0.15, -0.1) is 0 Å². The van der Waals surface area contributed by atoms with Gasteiger partial charge in [0.1, 0.15) is 13.2 Å². The van der Waals surface area contributed by atoms with Crippen LogP contribution in [-0.4, -0.2) is 68.5 Å². The zero-order chi connectivity index (χ0) is 52.7. The first-order valence-corrected chi connectivity index (χ1v) is 30.4. The molecule has 0 saturated carbocycles. The Hall–Kier alpha value is -3.10. The summed E-state index contributed by atoms with van der Waals surface area (Å²) in [6.45, 7) is 4.49. The fourth-order valence-corrected chi connectivity index (χ4v) is 8.36. The van der Waals surface area contributed by atoms with Gasteiger partial charge in [-0.1, -0.05) is 232 Å². The number of amides is 1. The first-order chi connectivity index (χ1) is 35.0. The van der Waals surface area contributed by atoms with Gasteiger partial charge in [0.25, 0.3) is 7.82 Å². The molecule has 9 heteroatoms. The number of allylic oxidation sites excluding steroid dienone is 19. The second-order valence-corrected chi connectivity index (χ2v) is 21.7. The molecule has 0 fully saturated rings. The number of hydrogen-bond donors (Lipinski definition) is 2. The fourth-order valence-electron chi connectivity index (χ4n) is 7.63. The van der Waals surface area contributed by atoms with E-state index in [1.807, 2.05) is 27.2 Å². The van der Waals surface area contributed by atoms with Crippen molar-refractivity contribution in [2.75, 3.05) is 40.9 Å². The van der Waals surface area contributed by atoms with Crippen molar-refractivity contribution in [1.82, 2.24) is 5.32 Å². The molecule has 0 heterocycles. The molecule has 0 aromatic carbocycles. The number of phosphoric ester groups is 1. The van der Waals surface area contributed by atoms with Gasteiger partial charge in [0.15, 0.2) is 0 Å². The summed E-state index contributed by atoms with van der Waals surface area (Å²) >= 11 is 0. The van der Waals surface area contributed by atoms with Crippen LogP contribution in [0.2, 0.25) is 0 Å². The number of aliphatic hydroxyl groups is 1. The quantitative estimate of drug-likeness (QED) is 0.0272. The third kappa shape index (κ3) is 54.7. The molecular formula is C63H109N2O6P. The minimum atomic E-state index is -4.62. The highest BCUT2D eigenvalue weighted by Crippen LogP contribution is 2.38. The van der Waals surface area contributed by atoms with Crippen LogP contribution < -0.4 is 10.2 Å². The first-order valence-electron chi connectivity index (χ1n) is 28.9. The maximum Gasteiger partial charge on any atom is 0.268 e. The van der Waals surface area contributed by atoms with Crippen molar-refractivity contribution < 1.29 is 32.9 Å². The summed E-state index contributed by atoms with van der Waals surface area (Å²) in [7, 11) is 1.21. The molecule has 0 bridgehead atoms. The van der Waals surface area contributed by atoms with Crippen molar-refractivity contribution in [2.45, 2.75) is 231 Å². The Bertz CT molecular complexity index is 1580. The number of carbonyl (C=O) groups excluding carboxylic acids is 1. The summed E-state index contributed by atoms with van der Waals surface area (Å²) in [6, 6.07) is -0.922. The van der Waals surface area contributed by atoms with E-state index in [9.17, 15) is 19.4 Å². The molecule has 72 heavy (non-hydrogen) atoms. The molecule has 0 aromatic heterocycles. The van der Waals surface area contributed by atoms with Crippen LogP contribution in [0.4, 0.5) is 0 Å². The van der Waals surface area contributed by atoms with E-state index in [2.05, 4.69) is 129 Å². The third-order valence-corrected chi connectivity index (χ3v) is 13.1. The molecule has 0 spiro atoms. The zero-order valence-corrected chi connectivity index (χ0v) is 47.7. The highest BCUT2D eigenvalue weighted by molar-refractivity contribution is 7.45. The van der Waals surface area contributed by atoms with E-state index in [4.69, 9.17) is 9.05 Å². The molecule has 8 nitrogen and oxygen atoms in total. The van der Waals surface area contributed by atoms with Crippen molar-refractivity contribution in [3.05, 3.63) is 122 Å². The number of unbranched alkanes of at least 4 members (excludes halogenated alkanes) is 20. The van der Waals surface area contributed by atoms with Crippen LogP contribution in [0.15, 0.2) is 122 Å². The molecule has 412 valence electrons. The lowest BCUT2D eigenvalue weighted by atomic mass is 10.1. The van der Waals surface area contributed by atoms with Gasteiger partial charge in [-0.2, -0.15) is 0 Å². The van der Waals surface area contributed by atoms with E-state index >= 15 is 0 Å². The summed E-state index contributed by atoms with van der Waals surface area (Å²) in [5.41, 5.74) is 0. The van der Waals surface area contributed by atoms with Crippen LogP contribution in [-0.2, 0) is 18.4 Å². The van der Waals surface area contributed by atoms with Crippen molar-refractivity contribution in [3.8, 4) is 0 Å². The van der Waals surface area contributed by atoms with Gasteiger partial charge in [0, 0.05) is 6.42 Å². The number of nitrogens with one attached hydrogen (secondary N) is 1. The number of phosphoric acid groups is 1. The fraction of sp³-hybridized carbons (Fsp3) is 0.667. The molecular weight excluding hydrogens is 912 g/mol. The van der Waals surface area contributed by atoms with E-state index in [0.717, 1.165) is 103 Å².